The lowest BCUT2D eigenvalue weighted by Crippen LogP contribution is -2.65. The van der Waals surface area contributed by atoms with Crippen LogP contribution < -0.4 is 0 Å². The molecule has 362 valence electrons. The Labute approximate surface area is 371 Å². The van der Waals surface area contributed by atoms with Gasteiger partial charge in [0.05, 0.1) is 31.0 Å². The van der Waals surface area contributed by atoms with Crippen LogP contribution in [0.25, 0.3) is 0 Å². The second-order valence-electron chi connectivity index (χ2n) is 19.7. The summed E-state index contributed by atoms with van der Waals surface area (Å²) in [5, 5.41) is 85.5. The quantitative estimate of drug-likeness (QED) is 0.0629. The number of hydrogen-bond acceptors (Lipinski definition) is 20. The van der Waals surface area contributed by atoms with Crippen molar-refractivity contribution in [3.8, 4) is 0 Å². The number of cyclic esters (lactones) is 1. The van der Waals surface area contributed by atoms with E-state index in [4.69, 9.17) is 42.6 Å². The third-order valence-electron chi connectivity index (χ3n) is 16.6. The molecule has 4 saturated carbocycles. The maximum absolute atomic E-state index is 13.4. The minimum Gasteiger partial charge on any atom is -0.458 e. The fraction of sp³-hybridized carbons (Fsp3) is 0.886. The van der Waals surface area contributed by atoms with Gasteiger partial charge in [-0.1, -0.05) is 6.92 Å². The van der Waals surface area contributed by atoms with Crippen molar-refractivity contribution < 1.29 is 97.9 Å². The van der Waals surface area contributed by atoms with Crippen molar-refractivity contribution in [1.29, 1.82) is 0 Å². The molecule has 0 radical (unpaired) electrons. The van der Waals surface area contributed by atoms with Crippen molar-refractivity contribution >= 4 is 18.2 Å². The van der Waals surface area contributed by atoms with Crippen molar-refractivity contribution in [2.75, 3.05) is 26.9 Å². The Morgan fingerprint density at radius 2 is 1.52 bits per heavy atom. The average molecular weight is 915 g/mol. The molecular formula is C44H66O20. The van der Waals surface area contributed by atoms with Gasteiger partial charge in [-0.25, -0.2) is 4.79 Å². The van der Waals surface area contributed by atoms with Gasteiger partial charge in [0.25, 0.3) is 0 Å². The third kappa shape index (κ3) is 8.18. The summed E-state index contributed by atoms with van der Waals surface area (Å²) < 4.78 is 52.9. The van der Waals surface area contributed by atoms with E-state index in [2.05, 4.69) is 6.92 Å². The smallest absolute Gasteiger partial charge is 0.331 e. The molecule has 0 amide bonds. The van der Waals surface area contributed by atoms with Gasteiger partial charge in [0.2, 0.25) is 0 Å². The zero-order chi connectivity index (χ0) is 46.0. The molecule has 8 rings (SSSR count). The summed E-state index contributed by atoms with van der Waals surface area (Å²) in [7, 11) is 1.37. The summed E-state index contributed by atoms with van der Waals surface area (Å²) in [4.78, 5) is 38.0. The molecule has 64 heavy (non-hydrogen) atoms. The largest absolute Gasteiger partial charge is 0.458 e. The highest BCUT2D eigenvalue weighted by Gasteiger charge is 2.69. The Morgan fingerprint density at radius 3 is 2.17 bits per heavy atom. The van der Waals surface area contributed by atoms with Gasteiger partial charge in [-0.2, -0.15) is 0 Å². The predicted octanol–water partition coefficient (Wildman–Crippen LogP) is -1.49. The van der Waals surface area contributed by atoms with Gasteiger partial charge in [-0.3, -0.25) is 4.79 Å². The van der Waals surface area contributed by atoms with Gasteiger partial charge in [-0.15, -0.1) is 0 Å². The molecule has 0 aromatic heterocycles. The van der Waals surface area contributed by atoms with Crippen molar-refractivity contribution in [3.63, 3.8) is 0 Å². The highest BCUT2D eigenvalue weighted by Crippen LogP contribution is 2.69. The molecule has 20 nitrogen and oxygen atoms in total. The molecular weight excluding hydrogens is 848 g/mol. The maximum atomic E-state index is 13.4. The molecule has 7 fully saturated rings. The summed E-state index contributed by atoms with van der Waals surface area (Å²) in [6, 6.07) is 0. The van der Waals surface area contributed by atoms with E-state index in [1.54, 1.807) is 13.0 Å². The lowest BCUT2D eigenvalue weighted by molar-refractivity contribution is -0.367. The SMILES string of the molecule is COC1C(OC2OC(COC3OC(CO)C(O)C(O)C3O)C(O)C(O)C2O)C(C)OC(OC2CCC3(C=O)C(CCC4C3CCC3(C)C(C5=CC(=O)OC5)CCC43O)C2)C1OC(C)=O. The van der Waals surface area contributed by atoms with Crippen LogP contribution in [0.2, 0.25) is 0 Å². The molecule has 3 saturated heterocycles. The van der Waals surface area contributed by atoms with Crippen LogP contribution in [0.3, 0.4) is 0 Å². The van der Waals surface area contributed by atoms with Crippen molar-refractivity contribution in [1.82, 2.24) is 0 Å². The topological polar surface area (TPSA) is 296 Å². The number of rotatable bonds is 12. The first kappa shape index (κ1) is 48.2. The van der Waals surface area contributed by atoms with Gasteiger partial charge in [0.1, 0.15) is 73.9 Å². The maximum Gasteiger partial charge on any atom is 0.331 e. The Morgan fingerprint density at radius 1 is 0.812 bits per heavy atom. The van der Waals surface area contributed by atoms with E-state index in [0.717, 1.165) is 37.5 Å². The number of methoxy groups -OCH3 is 1. The molecule has 20 heteroatoms. The molecule has 8 aliphatic rings. The number of carbonyl (C=O) groups is 3. The van der Waals surface area contributed by atoms with Crippen LogP contribution in [-0.2, 0) is 57.0 Å². The molecule has 0 aromatic carbocycles. The predicted molar refractivity (Wildman–Crippen MR) is 213 cm³/mol. The number of esters is 2. The minimum absolute atomic E-state index is 0.0247. The molecule has 8 N–H and O–H groups in total. The summed E-state index contributed by atoms with van der Waals surface area (Å²) >= 11 is 0. The lowest BCUT2D eigenvalue weighted by atomic mass is 9.43. The number of aldehydes is 1. The van der Waals surface area contributed by atoms with Crippen LogP contribution >= 0.6 is 0 Å². The monoisotopic (exact) mass is 914 g/mol. The molecule has 4 aliphatic carbocycles. The van der Waals surface area contributed by atoms with Crippen LogP contribution in [0.15, 0.2) is 11.6 Å². The van der Waals surface area contributed by atoms with E-state index in [0.29, 0.717) is 32.1 Å². The van der Waals surface area contributed by atoms with Crippen LogP contribution in [0.5, 0.6) is 0 Å². The third-order valence-corrected chi connectivity index (χ3v) is 16.6. The molecule has 23 unspecified atom stereocenters. The first-order valence-corrected chi connectivity index (χ1v) is 22.7. The Kier molecular flexibility index (Phi) is 14.1. The Bertz CT molecular complexity index is 1730. The van der Waals surface area contributed by atoms with Gasteiger partial charge < -0.3 is 88.3 Å². The summed E-state index contributed by atoms with van der Waals surface area (Å²) in [5.74, 6) is -1.11. The second-order valence-corrected chi connectivity index (χ2v) is 19.7. The number of carbonyl (C=O) groups excluding carboxylic acids is 3. The number of hydrogen-bond donors (Lipinski definition) is 8. The minimum atomic E-state index is -1.82. The number of ether oxygens (including phenoxy) is 9. The summed E-state index contributed by atoms with van der Waals surface area (Å²) in [6.07, 6.45) is -13.6. The van der Waals surface area contributed by atoms with E-state index < -0.39 is 134 Å². The highest BCUT2D eigenvalue weighted by atomic mass is 16.8. The summed E-state index contributed by atoms with van der Waals surface area (Å²) in [6.45, 7) is 4.00. The summed E-state index contributed by atoms with van der Waals surface area (Å²) in [5.41, 5.74) is -1.15. The molecule has 23 atom stereocenters. The van der Waals surface area contributed by atoms with E-state index in [-0.39, 0.29) is 36.2 Å². The van der Waals surface area contributed by atoms with E-state index in [9.17, 15) is 55.2 Å². The lowest BCUT2D eigenvalue weighted by Gasteiger charge is -2.63. The zero-order valence-electron chi connectivity index (χ0n) is 36.7. The number of aliphatic hydroxyl groups excluding tert-OH is 7. The fourth-order valence-electron chi connectivity index (χ4n) is 13.2. The molecule has 4 aliphatic heterocycles. The van der Waals surface area contributed by atoms with Crippen molar-refractivity contribution in [2.24, 2.45) is 34.5 Å². The molecule has 0 spiro atoms. The Balaban J connectivity index is 0.927. The first-order valence-electron chi connectivity index (χ1n) is 22.7. The van der Waals surface area contributed by atoms with Gasteiger partial charge >= 0.3 is 11.9 Å². The molecule has 4 heterocycles. The van der Waals surface area contributed by atoms with Crippen LogP contribution in [0.1, 0.15) is 78.6 Å². The van der Waals surface area contributed by atoms with E-state index in [1.165, 1.54) is 14.0 Å². The Hall–Kier alpha value is -2.25. The second kappa shape index (κ2) is 18.7. The van der Waals surface area contributed by atoms with Gasteiger partial charge in [0.15, 0.2) is 25.0 Å². The normalized spacial score (nSPS) is 51.6. The van der Waals surface area contributed by atoms with Gasteiger partial charge in [0, 0.05) is 30.9 Å². The number of aliphatic hydroxyl groups is 8. The van der Waals surface area contributed by atoms with Gasteiger partial charge in [-0.05, 0) is 94.0 Å². The van der Waals surface area contributed by atoms with E-state index >= 15 is 0 Å². The fourth-order valence-corrected chi connectivity index (χ4v) is 13.2. The highest BCUT2D eigenvalue weighted by molar-refractivity contribution is 5.85. The number of fused-ring (bicyclic) bond motifs is 5. The van der Waals surface area contributed by atoms with Crippen molar-refractivity contribution in [3.05, 3.63) is 11.6 Å². The standard InChI is InChI=1S/C44H66O20/c1-19-36(64-40-35(54)33(52)31(50)28(63-40)17-58-39-34(53)32(51)30(49)27(15-45)62-39)37(56-4)38(60-20(2)47)41(59-19)61-23-7-11-43(18-46)22(14-23)5-6-26-25(43)8-10-42(3)24(9-12-44(26,42)55)21-13-29(48)57-16-21/h13,18-19,22-28,30-41,45,49-55H,5-12,14-17H2,1-4H3. The molecule has 0 aromatic rings. The van der Waals surface area contributed by atoms with Crippen molar-refractivity contribution in [2.45, 2.75) is 182 Å². The first-order chi connectivity index (χ1) is 30.4. The molecule has 0 bridgehead atoms. The van der Waals surface area contributed by atoms with Crippen LogP contribution in [0, 0.1) is 34.5 Å². The van der Waals surface area contributed by atoms with E-state index in [1.807, 2.05) is 0 Å². The zero-order valence-corrected chi connectivity index (χ0v) is 36.7. The van der Waals surface area contributed by atoms with Crippen LogP contribution in [0.4, 0.5) is 0 Å². The average Bonchev–Trinajstić information content (AvgIpc) is 3.82. The van der Waals surface area contributed by atoms with Crippen LogP contribution in [-0.4, -0.2) is 190 Å².